The van der Waals surface area contributed by atoms with E-state index in [1.165, 1.54) is 30.0 Å². The van der Waals surface area contributed by atoms with Crippen LogP contribution in [-0.2, 0) is 4.79 Å². The first kappa shape index (κ1) is 15.9. The van der Waals surface area contributed by atoms with Crippen LogP contribution in [0.25, 0.3) is 10.9 Å². The molecule has 6 nitrogen and oxygen atoms in total. The highest BCUT2D eigenvalue weighted by molar-refractivity contribution is 7.99. The minimum absolute atomic E-state index is 0.0587. The fourth-order valence-electron chi connectivity index (χ4n) is 2.16. The van der Waals surface area contributed by atoms with Crippen LogP contribution < -0.4 is 5.32 Å². The van der Waals surface area contributed by atoms with Gasteiger partial charge in [-0.3, -0.25) is 14.9 Å². The van der Waals surface area contributed by atoms with Crippen molar-refractivity contribution in [3.05, 3.63) is 70.8 Å². The summed E-state index contributed by atoms with van der Waals surface area (Å²) in [5.74, 6) is -0.0657. The third kappa shape index (κ3) is 3.88. The molecule has 7 heteroatoms. The summed E-state index contributed by atoms with van der Waals surface area (Å²) in [5, 5.41) is 15.2. The van der Waals surface area contributed by atoms with Crippen LogP contribution in [-0.4, -0.2) is 21.6 Å². The van der Waals surface area contributed by atoms with Gasteiger partial charge < -0.3 is 5.32 Å². The molecule has 0 aliphatic heterocycles. The molecule has 1 aromatic heterocycles. The molecule has 0 spiro atoms. The SMILES string of the molecule is O=C(CSc1ccc2ccccc2n1)Nc1cccc([N+](=O)[O-])c1. The zero-order valence-electron chi connectivity index (χ0n) is 12.5. The second-order valence-electron chi connectivity index (χ2n) is 4.99. The highest BCUT2D eigenvalue weighted by Gasteiger charge is 2.09. The number of amides is 1. The number of carbonyl (C=O) groups excluding carboxylic acids is 1. The maximum atomic E-state index is 12.0. The zero-order valence-corrected chi connectivity index (χ0v) is 13.3. The van der Waals surface area contributed by atoms with E-state index in [1.54, 1.807) is 6.07 Å². The summed E-state index contributed by atoms with van der Waals surface area (Å²) in [7, 11) is 0. The van der Waals surface area contributed by atoms with Gasteiger partial charge in [-0.2, -0.15) is 0 Å². The number of nitro groups is 1. The summed E-state index contributed by atoms with van der Waals surface area (Å²) in [5.41, 5.74) is 1.22. The van der Waals surface area contributed by atoms with Crippen LogP contribution in [0.2, 0.25) is 0 Å². The summed E-state index contributed by atoms with van der Waals surface area (Å²) in [6, 6.07) is 17.4. The lowest BCUT2D eigenvalue weighted by Crippen LogP contribution is -2.14. The van der Waals surface area contributed by atoms with Crippen molar-refractivity contribution in [2.45, 2.75) is 5.03 Å². The molecule has 0 saturated heterocycles. The lowest BCUT2D eigenvalue weighted by Gasteiger charge is -2.05. The lowest BCUT2D eigenvalue weighted by molar-refractivity contribution is -0.384. The number of aromatic nitrogens is 1. The third-order valence-corrected chi connectivity index (χ3v) is 4.19. The maximum Gasteiger partial charge on any atom is 0.271 e. The molecule has 0 bridgehead atoms. The molecule has 1 N–H and O–H groups in total. The fourth-order valence-corrected chi connectivity index (χ4v) is 2.84. The van der Waals surface area contributed by atoms with E-state index in [1.807, 2.05) is 36.4 Å². The van der Waals surface area contributed by atoms with E-state index in [-0.39, 0.29) is 17.3 Å². The molecule has 0 aliphatic carbocycles. The summed E-state index contributed by atoms with van der Waals surface area (Å²) in [6.45, 7) is 0. The van der Waals surface area contributed by atoms with Gasteiger partial charge in [0, 0.05) is 23.2 Å². The number of fused-ring (bicyclic) bond motifs is 1. The predicted molar refractivity (Wildman–Crippen MR) is 94.2 cm³/mol. The number of hydrogen-bond donors (Lipinski definition) is 1. The van der Waals surface area contributed by atoms with Crippen LogP contribution in [0.3, 0.4) is 0 Å². The van der Waals surface area contributed by atoms with Crippen LogP contribution in [0.5, 0.6) is 0 Å². The molecule has 0 aliphatic rings. The minimum Gasteiger partial charge on any atom is -0.325 e. The molecule has 0 radical (unpaired) electrons. The Morgan fingerprint density at radius 2 is 1.96 bits per heavy atom. The zero-order chi connectivity index (χ0) is 16.9. The number of anilines is 1. The molecule has 0 fully saturated rings. The number of thioether (sulfide) groups is 1. The number of hydrogen-bond acceptors (Lipinski definition) is 5. The van der Waals surface area contributed by atoms with E-state index in [4.69, 9.17) is 0 Å². The number of rotatable bonds is 5. The Hall–Kier alpha value is -2.93. The van der Waals surface area contributed by atoms with Crippen molar-refractivity contribution >= 4 is 39.9 Å². The van der Waals surface area contributed by atoms with Crippen LogP contribution >= 0.6 is 11.8 Å². The molecule has 0 unspecified atom stereocenters. The number of nitro benzene ring substituents is 1. The van der Waals surface area contributed by atoms with Gasteiger partial charge in [0.2, 0.25) is 5.91 Å². The van der Waals surface area contributed by atoms with Crippen LogP contribution in [0, 0.1) is 10.1 Å². The highest BCUT2D eigenvalue weighted by Crippen LogP contribution is 2.21. The van der Waals surface area contributed by atoms with Gasteiger partial charge in [0.1, 0.15) is 0 Å². The molecule has 120 valence electrons. The molecule has 2 aromatic carbocycles. The summed E-state index contributed by atoms with van der Waals surface area (Å²) in [6.07, 6.45) is 0. The van der Waals surface area contributed by atoms with E-state index in [0.717, 1.165) is 15.9 Å². The molecule has 24 heavy (non-hydrogen) atoms. The highest BCUT2D eigenvalue weighted by atomic mass is 32.2. The Morgan fingerprint density at radius 3 is 2.79 bits per heavy atom. The van der Waals surface area contributed by atoms with E-state index < -0.39 is 4.92 Å². The Kier molecular flexibility index (Phi) is 4.72. The van der Waals surface area contributed by atoms with Crippen molar-refractivity contribution < 1.29 is 9.72 Å². The Labute approximate surface area is 142 Å². The van der Waals surface area contributed by atoms with Crippen molar-refractivity contribution in [1.82, 2.24) is 4.98 Å². The van der Waals surface area contributed by atoms with Crippen molar-refractivity contribution in [3.63, 3.8) is 0 Å². The van der Waals surface area contributed by atoms with Crippen molar-refractivity contribution in [2.24, 2.45) is 0 Å². The van der Waals surface area contributed by atoms with E-state index in [0.29, 0.717) is 5.69 Å². The first-order valence-corrected chi connectivity index (χ1v) is 8.13. The molecule has 1 amide bonds. The second-order valence-corrected chi connectivity index (χ2v) is 5.98. The van der Waals surface area contributed by atoms with E-state index in [2.05, 4.69) is 10.3 Å². The topological polar surface area (TPSA) is 85.1 Å². The number of nitrogens with one attached hydrogen (secondary N) is 1. The standard InChI is InChI=1S/C17H13N3O3S/c21-16(18-13-5-3-6-14(10-13)20(22)23)11-24-17-9-8-12-4-1-2-7-15(12)19-17/h1-10H,11H2,(H,18,21). The average Bonchev–Trinajstić information content (AvgIpc) is 2.60. The average molecular weight is 339 g/mol. The van der Waals surface area contributed by atoms with Gasteiger partial charge in [-0.1, -0.05) is 42.1 Å². The second kappa shape index (κ2) is 7.10. The van der Waals surface area contributed by atoms with Gasteiger partial charge in [0.05, 0.1) is 21.2 Å². The Balaban J connectivity index is 1.62. The van der Waals surface area contributed by atoms with Crippen LogP contribution in [0.1, 0.15) is 0 Å². The van der Waals surface area contributed by atoms with Crippen molar-refractivity contribution in [2.75, 3.05) is 11.1 Å². The number of benzene rings is 2. The number of para-hydroxylation sites is 1. The third-order valence-electron chi connectivity index (χ3n) is 3.26. The van der Waals surface area contributed by atoms with Gasteiger partial charge in [-0.05, 0) is 18.2 Å². The molecule has 3 rings (SSSR count). The first-order chi connectivity index (χ1) is 11.6. The van der Waals surface area contributed by atoms with Crippen molar-refractivity contribution in [3.8, 4) is 0 Å². The number of nitrogens with zero attached hydrogens (tertiary/aromatic N) is 2. The molecule has 0 saturated carbocycles. The molecular weight excluding hydrogens is 326 g/mol. The van der Waals surface area contributed by atoms with Crippen LogP contribution in [0.4, 0.5) is 11.4 Å². The Bertz CT molecular complexity index is 914. The summed E-state index contributed by atoms with van der Waals surface area (Å²) in [4.78, 5) is 26.7. The number of carbonyl (C=O) groups is 1. The summed E-state index contributed by atoms with van der Waals surface area (Å²) >= 11 is 1.32. The predicted octanol–water partition coefficient (Wildman–Crippen LogP) is 3.87. The number of non-ortho nitro benzene ring substituents is 1. The van der Waals surface area contributed by atoms with Gasteiger partial charge >= 0.3 is 0 Å². The largest absolute Gasteiger partial charge is 0.325 e. The maximum absolute atomic E-state index is 12.0. The molecule has 3 aromatic rings. The number of pyridine rings is 1. The van der Waals surface area contributed by atoms with Gasteiger partial charge in [0.15, 0.2) is 0 Å². The van der Waals surface area contributed by atoms with Gasteiger partial charge in [-0.25, -0.2) is 4.98 Å². The van der Waals surface area contributed by atoms with Gasteiger partial charge in [-0.15, -0.1) is 0 Å². The van der Waals surface area contributed by atoms with E-state index in [9.17, 15) is 14.9 Å². The van der Waals surface area contributed by atoms with Crippen LogP contribution in [0.15, 0.2) is 65.7 Å². The summed E-state index contributed by atoms with van der Waals surface area (Å²) < 4.78 is 0. The normalized spacial score (nSPS) is 10.5. The molecular formula is C17H13N3O3S. The smallest absolute Gasteiger partial charge is 0.271 e. The molecule has 0 atom stereocenters. The quantitative estimate of drug-likeness (QED) is 0.433. The monoisotopic (exact) mass is 339 g/mol. The first-order valence-electron chi connectivity index (χ1n) is 7.15. The molecule has 1 heterocycles. The van der Waals surface area contributed by atoms with Gasteiger partial charge in [0.25, 0.3) is 5.69 Å². The van der Waals surface area contributed by atoms with E-state index >= 15 is 0 Å². The Morgan fingerprint density at radius 1 is 1.12 bits per heavy atom. The fraction of sp³-hybridized carbons (Fsp3) is 0.0588. The lowest BCUT2D eigenvalue weighted by atomic mass is 10.2. The van der Waals surface area contributed by atoms with Crippen molar-refractivity contribution in [1.29, 1.82) is 0 Å². The minimum atomic E-state index is -0.497.